The topological polar surface area (TPSA) is 98.9 Å². The number of aryl methyl sites for hydroxylation is 1. The van der Waals surface area contributed by atoms with Crippen LogP contribution >= 0.6 is 0 Å². The zero-order valence-corrected chi connectivity index (χ0v) is 13.3. The van der Waals surface area contributed by atoms with Crippen LogP contribution in [0.5, 0.6) is 0 Å². The van der Waals surface area contributed by atoms with E-state index in [1.165, 1.54) is 0 Å². The standard InChI is InChI=1S/C16H23NO5/c1-10-7-5-6-8-11(10)9-21-13(17)12(14(18)19)15(20)22-16(2,3)4/h5-8,12-13H,9,17H2,1-4H3,(H,18,19). The molecule has 122 valence electrons. The Morgan fingerprint density at radius 2 is 1.86 bits per heavy atom. The first-order valence-electron chi connectivity index (χ1n) is 6.99. The first kappa shape index (κ1) is 18.1. The summed E-state index contributed by atoms with van der Waals surface area (Å²) in [5.41, 5.74) is 6.82. The Bertz CT molecular complexity index is 536. The van der Waals surface area contributed by atoms with E-state index in [-0.39, 0.29) is 6.61 Å². The van der Waals surface area contributed by atoms with Crippen molar-refractivity contribution in [3.8, 4) is 0 Å². The van der Waals surface area contributed by atoms with E-state index in [1.807, 2.05) is 31.2 Å². The number of rotatable bonds is 6. The molecule has 0 aliphatic heterocycles. The maximum absolute atomic E-state index is 12.0. The van der Waals surface area contributed by atoms with Crippen molar-refractivity contribution in [3.05, 3.63) is 35.4 Å². The van der Waals surface area contributed by atoms with Crippen molar-refractivity contribution in [1.29, 1.82) is 0 Å². The summed E-state index contributed by atoms with van der Waals surface area (Å²) in [5, 5.41) is 9.20. The summed E-state index contributed by atoms with van der Waals surface area (Å²) in [6.45, 7) is 7.00. The number of carbonyl (C=O) groups excluding carboxylic acids is 1. The van der Waals surface area contributed by atoms with Gasteiger partial charge in [0.1, 0.15) is 11.8 Å². The minimum absolute atomic E-state index is 0.125. The van der Waals surface area contributed by atoms with E-state index in [0.29, 0.717) is 0 Å². The molecule has 0 aliphatic carbocycles. The second-order valence-electron chi connectivity index (χ2n) is 6.05. The Morgan fingerprint density at radius 3 is 2.36 bits per heavy atom. The Kier molecular flexibility index (Phi) is 6.08. The molecular weight excluding hydrogens is 286 g/mol. The minimum atomic E-state index is -1.57. The van der Waals surface area contributed by atoms with E-state index in [1.54, 1.807) is 20.8 Å². The SMILES string of the molecule is Cc1ccccc1COC(N)C(C(=O)O)C(=O)OC(C)(C)C. The fourth-order valence-corrected chi connectivity index (χ4v) is 1.79. The zero-order valence-electron chi connectivity index (χ0n) is 13.3. The second kappa shape index (κ2) is 7.38. The van der Waals surface area contributed by atoms with Crippen LogP contribution in [0.4, 0.5) is 0 Å². The number of ether oxygens (including phenoxy) is 2. The Morgan fingerprint density at radius 1 is 1.27 bits per heavy atom. The van der Waals surface area contributed by atoms with Gasteiger partial charge in [-0.2, -0.15) is 0 Å². The first-order chi connectivity index (χ1) is 10.1. The molecule has 0 saturated carbocycles. The number of hydrogen-bond acceptors (Lipinski definition) is 5. The molecule has 0 spiro atoms. The molecule has 0 bridgehead atoms. The smallest absolute Gasteiger partial charge is 0.324 e. The van der Waals surface area contributed by atoms with Gasteiger partial charge < -0.3 is 20.3 Å². The summed E-state index contributed by atoms with van der Waals surface area (Å²) in [6, 6.07) is 7.50. The zero-order chi connectivity index (χ0) is 16.9. The average molecular weight is 309 g/mol. The van der Waals surface area contributed by atoms with Gasteiger partial charge in [-0.25, -0.2) is 0 Å². The first-order valence-corrected chi connectivity index (χ1v) is 6.99. The minimum Gasteiger partial charge on any atom is -0.480 e. The van der Waals surface area contributed by atoms with Crippen LogP contribution in [0.2, 0.25) is 0 Å². The van der Waals surface area contributed by atoms with Gasteiger partial charge in [0, 0.05) is 0 Å². The molecule has 22 heavy (non-hydrogen) atoms. The number of hydrogen-bond donors (Lipinski definition) is 2. The summed E-state index contributed by atoms with van der Waals surface area (Å²) >= 11 is 0. The molecule has 1 rings (SSSR count). The van der Waals surface area contributed by atoms with Crippen molar-refractivity contribution in [2.24, 2.45) is 11.7 Å². The molecule has 6 nitrogen and oxygen atoms in total. The van der Waals surface area contributed by atoms with Crippen LogP contribution in [-0.4, -0.2) is 28.9 Å². The number of carboxylic acid groups (broad SMARTS) is 1. The molecule has 0 heterocycles. The third-order valence-electron chi connectivity index (χ3n) is 2.95. The Hall–Kier alpha value is -1.92. The third kappa shape index (κ3) is 5.46. The van der Waals surface area contributed by atoms with Crippen LogP contribution in [0.3, 0.4) is 0 Å². The van der Waals surface area contributed by atoms with Crippen molar-refractivity contribution in [2.75, 3.05) is 0 Å². The maximum Gasteiger partial charge on any atom is 0.324 e. The highest BCUT2D eigenvalue weighted by Gasteiger charge is 2.37. The summed E-state index contributed by atoms with van der Waals surface area (Å²) in [5.74, 6) is -3.84. The second-order valence-corrected chi connectivity index (χ2v) is 6.05. The molecule has 1 aromatic carbocycles. The van der Waals surface area contributed by atoms with E-state index < -0.39 is 29.7 Å². The quantitative estimate of drug-likeness (QED) is 0.472. The summed E-state index contributed by atoms with van der Waals surface area (Å²) in [7, 11) is 0. The van der Waals surface area contributed by atoms with Crippen LogP contribution in [0.15, 0.2) is 24.3 Å². The van der Waals surface area contributed by atoms with Crippen LogP contribution in [0.25, 0.3) is 0 Å². The van der Waals surface area contributed by atoms with Crippen molar-refractivity contribution in [2.45, 2.75) is 46.1 Å². The van der Waals surface area contributed by atoms with Crippen molar-refractivity contribution < 1.29 is 24.2 Å². The lowest BCUT2D eigenvalue weighted by atomic mass is 10.1. The molecule has 0 radical (unpaired) electrons. The maximum atomic E-state index is 12.0. The average Bonchev–Trinajstić information content (AvgIpc) is 2.35. The molecule has 3 N–H and O–H groups in total. The number of carboxylic acids is 1. The molecule has 2 unspecified atom stereocenters. The molecule has 0 amide bonds. The van der Waals surface area contributed by atoms with Gasteiger partial charge in [-0.3, -0.25) is 9.59 Å². The highest BCUT2D eigenvalue weighted by Crippen LogP contribution is 2.16. The number of aliphatic carboxylic acids is 1. The van der Waals surface area contributed by atoms with Crippen molar-refractivity contribution in [1.82, 2.24) is 0 Å². The van der Waals surface area contributed by atoms with E-state index in [9.17, 15) is 14.7 Å². The number of esters is 1. The van der Waals surface area contributed by atoms with Gasteiger partial charge in [0.05, 0.1) is 6.61 Å². The molecule has 6 heteroatoms. The molecule has 0 saturated heterocycles. The highest BCUT2D eigenvalue weighted by atomic mass is 16.6. The molecular formula is C16H23NO5. The lowest BCUT2D eigenvalue weighted by molar-refractivity contribution is -0.174. The molecule has 1 aromatic rings. The largest absolute Gasteiger partial charge is 0.480 e. The Labute approximate surface area is 130 Å². The fourth-order valence-electron chi connectivity index (χ4n) is 1.79. The van der Waals surface area contributed by atoms with Gasteiger partial charge >= 0.3 is 11.9 Å². The van der Waals surface area contributed by atoms with Gasteiger partial charge in [-0.1, -0.05) is 24.3 Å². The fraction of sp³-hybridized carbons (Fsp3) is 0.500. The highest BCUT2D eigenvalue weighted by molar-refractivity contribution is 5.94. The summed E-state index contributed by atoms with van der Waals surface area (Å²) in [6.07, 6.45) is -1.29. The molecule has 0 fully saturated rings. The number of benzene rings is 1. The van der Waals surface area contributed by atoms with E-state index in [4.69, 9.17) is 15.2 Å². The van der Waals surface area contributed by atoms with Crippen LogP contribution < -0.4 is 5.73 Å². The lowest BCUT2D eigenvalue weighted by Gasteiger charge is -2.25. The Balaban J connectivity index is 2.74. The number of nitrogens with two attached hydrogens (primary N) is 1. The number of carbonyl (C=O) groups is 2. The molecule has 0 aromatic heterocycles. The van der Waals surface area contributed by atoms with Crippen LogP contribution in [0.1, 0.15) is 31.9 Å². The summed E-state index contributed by atoms with van der Waals surface area (Å²) in [4.78, 5) is 23.2. The van der Waals surface area contributed by atoms with Crippen LogP contribution in [0, 0.1) is 12.8 Å². The van der Waals surface area contributed by atoms with Gasteiger partial charge in [-0.05, 0) is 38.8 Å². The van der Waals surface area contributed by atoms with Crippen LogP contribution in [-0.2, 0) is 25.7 Å². The summed E-state index contributed by atoms with van der Waals surface area (Å²) < 4.78 is 10.4. The monoisotopic (exact) mass is 309 g/mol. The molecule has 2 atom stereocenters. The predicted molar refractivity (Wildman–Crippen MR) is 80.9 cm³/mol. The van der Waals surface area contributed by atoms with Crippen molar-refractivity contribution >= 4 is 11.9 Å². The van der Waals surface area contributed by atoms with Gasteiger partial charge in [-0.15, -0.1) is 0 Å². The van der Waals surface area contributed by atoms with E-state index in [2.05, 4.69) is 0 Å². The predicted octanol–water partition coefficient (Wildman–Crippen LogP) is 1.84. The van der Waals surface area contributed by atoms with Crippen molar-refractivity contribution in [3.63, 3.8) is 0 Å². The normalized spacial score (nSPS) is 14.2. The van der Waals surface area contributed by atoms with Gasteiger partial charge in [0.15, 0.2) is 5.92 Å². The van der Waals surface area contributed by atoms with Gasteiger partial charge in [0.25, 0.3) is 0 Å². The van der Waals surface area contributed by atoms with E-state index >= 15 is 0 Å². The van der Waals surface area contributed by atoms with E-state index in [0.717, 1.165) is 11.1 Å². The van der Waals surface area contributed by atoms with Gasteiger partial charge in [0.2, 0.25) is 0 Å². The molecule has 0 aliphatic rings. The lowest BCUT2D eigenvalue weighted by Crippen LogP contribution is -2.45. The third-order valence-corrected chi connectivity index (χ3v) is 2.95.